The normalized spacial score (nSPS) is 10.8. The number of hydrogen-bond acceptors (Lipinski definition) is 1. The van der Waals surface area contributed by atoms with Crippen LogP contribution in [0.4, 0.5) is 26.3 Å². The maximum Gasteiger partial charge on any atom is 0.195 e. The fourth-order valence-corrected chi connectivity index (χ4v) is 3.54. The molecule has 0 bridgehead atoms. The summed E-state index contributed by atoms with van der Waals surface area (Å²) >= 11 is 0. The van der Waals surface area contributed by atoms with E-state index in [-0.39, 0.29) is 27.6 Å². The van der Waals surface area contributed by atoms with Crippen LogP contribution in [-0.2, 0) is 0 Å². The number of rotatable bonds is 5. The second-order valence-corrected chi connectivity index (χ2v) is 7.83. The highest BCUT2D eigenvalue weighted by Crippen LogP contribution is 2.31. The molecular weight excluding hydrogens is 466 g/mol. The molecule has 0 heterocycles. The van der Waals surface area contributed by atoms with Crippen molar-refractivity contribution in [1.29, 1.82) is 0 Å². The van der Waals surface area contributed by atoms with Crippen molar-refractivity contribution < 1.29 is 31.1 Å². The van der Waals surface area contributed by atoms with Crippen LogP contribution in [0.15, 0.2) is 54.6 Å². The summed E-state index contributed by atoms with van der Waals surface area (Å²) in [6.45, 7) is 2.29. The van der Waals surface area contributed by atoms with Crippen molar-refractivity contribution in [2.24, 2.45) is 0 Å². The van der Waals surface area contributed by atoms with Crippen molar-refractivity contribution >= 4 is 10.8 Å². The minimum absolute atomic E-state index is 0.0122. The Morgan fingerprint density at radius 2 is 1.46 bits per heavy atom. The standard InChI is InChI=1S/C28H18F6O/c1-2-3-10-35-20-14-23(30)26(24(31)15-20)18-8-7-17(22(29)12-18)6-4-16-5-9-21-19(11-16)13-25(32)28(34)27(21)33/h5,7-9,11-15H,2-3,10H2,1H3. The third-order valence-corrected chi connectivity index (χ3v) is 5.35. The highest BCUT2D eigenvalue weighted by molar-refractivity contribution is 5.84. The molecule has 178 valence electrons. The molecule has 0 radical (unpaired) electrons. The van der Waals surface area contributed by atoms with Crippen LogP contribution in [0.5, 0.6) is 5.75 Å². The first-order valence-corrected chi connectivity index (χ1v) is 10.8. The average Bonchev–Trinajstić information content (AvgIpc) is 2.82. The zero-order valence-electron chi connectivity index (χ0n) is 18.5. The van der Waals surface area contributed by atoms with Gasteiger partial charge in [-0.3, -0.25) is 0 Å². The van der Waals surface area contributed by atoms with Gasteiger partial charge >= 0.3 is 0 Å². The average molecular weight is 484 g/mol. The predicted molar refractivity (Wildman–Crippen MR) is 122 cm³/mol. The molecule has 0 spiro atoms. The van der Waals surface area contributed by atoms with Crippen molar-refractivity contribution in [2.75, 3.05) is 6.61 Å². The van der Waals surface area contributed by atoms with E-state index in [1.54, 1.807) is 0 Å². The third-order valence-electron chi connectivity index (χ3n) is 5.35. The van der Waals surface area contributed by atoms with E-state index in [1.165, 1.54) is 30.3 Å². The number of fused-ring (bicyclic) bond motifs is 1. The van der Waals surface area contributed by atoms with Crippen LogP contribution in [0.25, 0.3) is 21.9 Å². The zero-order chi connectivity index (χ0) is 25.1. The molecular formula is C28H18F6O. The van der Waals surface area contributed by atoms with Gasteiger partial charge in [0.15, 0.2) is 17.5 Å². The number of ether oxygens (including phenoxy) is 1. The number of halogens is 6. The van der Waals surface area contributed by atoms with Gasteiger partial charge in [-0.1, -0.05) is 37.3 Å². The van der Waals surface area contributed by atoms with Gasteiger partial charge in [-0.2, -0.15) is 0 Å². The lowest BCUT2D eigenvalue weighted by Gasteiger charge is -2.10. The molecule has 0 aromatic heterocycles. The lowest BCUT2D eigenvalue weighted by Crippen LogP contribution is -1.99. The van der Waals surface area contributed by atoms with Crippen LogP contribution in [0, 0.1) is 46.7 Å². The molecule has 35 heavy (non-hydrogen) atoms. The Hall–Kier alpha value is -3.92. The van der Waals surface area contributed by atoms with Crippen LogP contribution in [0.2, 0.25) is 0 Å². The molecule has 0 aliphatic rings. The molecule has 4 rings (SSSR count). The van der Waals surface area contributed by atoms with Crippen molar-refractivity contribution in [1.82, 2.24) is 0 Å². The van der Waals surface area contributed by atoms with Crippen LogP contribution < -0.4 is 4.74 Å². The van der Waals surface area contributed by atoms with Crippen LogP contribution in [0.3, 0.4) is 0 Å². The molecule has 0 amide bonds. The fourth-order valence-electron chi connectivity index (χ4n) is 3.54. The first-order chi connectivity index (χ1) is 16.8. The van der Waals surface area contributed by atoms with Crippen molar-refractivity contribution in [3.8, 4) is 28.7 Å². The Balaban J connectivity index is 1.61. The SMILES string of the molecule is CCCCOc1cc(F)c(-c2ccc(C#Cc3ccc4c(F)c(F)c(F)cc4c3)c(F)c2)c(F)c1. The topological polar surface area (TPSA) is 9.23 Å². The van der Waals surface area contributed by atoms with E-state index in [9.17, 15) is 26.3 Å². The summed E-state index contributed by atoms with van der Waals surface area (Å²) in [4.78, 5) is 0. The van der Waals surface area contributed by atoms with Crippen molar-refractivity contribution in [3.63, 3.8) is 0 Å². The van der Waals surface area contributed by atoms with Crippen molar-refractivity contribution in [3.05, 3.63) is 101 Å². The van der Waals surface area contributed by atoms with E-state index in [2.05, 4.69) is 11.8 Å². The minimum atomic E-state index is -1.56. The van der Waals surface area contributed by atoms with Gasteiger partial charge in [0.25, 0.3) is 0 Å². The van der Waals surface area contributed by atoms with Gasteiger partial charge in [0.05, 0.1) is 17.7 Å². The second kappa shape index (κ2) is 10.1. The Kier molecular flexibility index (Phi) is 7.02. The lowest BCUT2D eigenvalue weighted by atomic mass is 10.0. The molecule has 4 aromatic carbocycles. The van der Waals surface area contributed by atoms with Gasteiger partial charge in [0, 0.05) is 23.1 Å². The maximum absolute atomic E-state index is 14.7. The van der Waals surface area contributed by atoms with E-state index in [0.29, 0.717) is 12.2 Å². The minimum Gasteiger partial charge on any atom is -0.493 e. The summed E-state index contributed by atoms with van der Waals surface area (Å²) in [7, 11) is 0. The molecule has 0 N–H and O–H groups in total. The molecule has 0 aliphatic carbocycles. The number of benzene rings is 4. The molecule has 0 atom stereocenters. The van der Waals surface area contributed by atoms with Gasteiger partial charge in [0.2, 0.25) is 0 Å². The molecule has 4 aromatic rings. The summed E-state index contributed by atoms with van der Waals surface area (Å²) in [5.74, 6) is -1.48. The quantitative estimate of drug-likeness (QED) is 0.121. The number of hydrogen-bond donors (Lipinski definition) is 0. The van der Waals surface area contributed by atoms with Gasteiger partial charge in [-0.05, 0) is 47.7 Å². The predicted octanol–water partition coefficient (Wildman–Crippen LogP) is 7.92. The maximum atomic E-state index is 14.7. The van der Waals surface area contributed by atoms with Crippen LogP contribution in [-0.4, -0.2) is 6.61 Å². The summed E-state index contributed by atoms with van der Waals surface area (Å²) < 4.78 is 89.9. The van der Waals surface area contributed by atoms with Crippen LogP contribution >= 0.6 is 0 Å². The first kappa shape index (κ1) is 24.2. The van der Waals surface area contributed by atoms with Crippen LogP contribution in [0.1, 0.15) is 30.9 Å². The fraction of sp³-hybridized carbons (Fsp3) is 0.143. The van der Waals surface area contributed by atoms with Gasteiger partial charge in [-0.15, -0.1) is 0 Å². The van der Waals surface area contributed by atoms with E-state index in [0.717, 1.165) is 37.1 Å². The second-order valence-electron chi connectivity index (χ2n) is 7.83. The summed E-state index contributed by atoms with van der Waals surface area (Å²) in [6.07, 6.45) is 1.61. The van der Waals surface area contributed by atoms with Crippen molar-refractivity contribution in [2.45, 2.75) is 19.8 Å². The van der Waals surface area contributed by atoms with E-state index < -0.39 is 40.5 Å². The summed E-state index contributed by atoms with van der Waals surface area (Å²) in [5.41, 5.74) is -0.147. The van der Waals surface area contributed by atoms with E-state index in [4.69, 9.17) is 4.74 Å². The molecule has 0 saturated carbocycles. The zero-order valence-corrected chi connectivity index (χ0v) is 18.5. The van der Waals surface area contributed by atoms with E-state index in [1.807, 2.05) is 6.92 Å². The molecule has 0 saturated heterocycles. The Labute approximate surface area is 198 Å². The molecule has 0 aliphatic heterocycles. The largest absolute Gasteiger partial charge is 0.493 e. The highest BCUT2D eigenvalue weighted by atomic mass is 19.2. The summed E-state index contributed by atoms with van der Waals surface area (Å²) in [5, 5.41) is -0.0205. The molecule has 0 unspecified atom stereocenters. The monoisotopic (exact) mass is 484 g/mol. The lowest BCUT2D eigenvalue weighted by molar-refractivity contribution is 0.306. The smallest absolute Gasteiger partial charge is 0.195 e. The van der Waals surface area contributed by atoms with E-state index >= 15 is 0 Å². The van der Waals surface area contributed by atoms with Gasteiger partial charge < -0.3 is 4.74 Å². The first-order valence-electron chi connectivity index (χ1n) is 10.8. The highest BCUT2D eigenvalue weighted by Gasteiger charge is 2.16. The molecule has 0 fully saturated rings. The third kappa shape index (κ3) is 5.12. The van der Waals surface area contributed by atoms with Gasteiger partial charge in [-0.25, -0.2) is 26.3 Å². The molecule has 7 heteroatoms. The van der Waals surface area contributed by atoms with Gasteiger partial charge in [0.1, 0.15) is 23.2 Å². The number of unbranched alkanes of at least 4 members (excludes halogenated alkanes) is 1. The Bertz CT molecular complexity index is 1460. The Morgan fingerprint density at radius 1 is 0.714 bits per heavy atom. The summed E-state index contributed by atoms with van der Waals surface area (Å²) in [6, 6.07) is 10.5. The Morgan fingerprint density at radius 3 is 2.14 bits per heavy atom. The molecule has 1 nitrogen and oxygen atoms in total.